The van der Waals surface area contributed by atoms with Gasteiger partial charge in [-0.05, 0) is 36.7 Å². The van der Waals surface area contributed by atoms with E-state index in [-0.39, 0.29) is 0 Å². The average Bonchev–Trinajstić information content (AvgIpc) is 2.42. The molecule has 0 aromatic carbocycles. The summed E-state index contributed by atoms with van der Waals surface area (Å²) in [7, 11) is 0. The molecule has 2 heterocycles. The lowest BCUT2D eigenvalue weighted by Crippen LogP contribution is -2.03. The van der Waals surface area contributed by atoms with Crippen LogP contribution in [0.2, 0.25) is 0 Å². The molecule has 0 saturated carbocycles. The predicted octanol–water partition coefficient (Wildman–Crippen LogP) is 3.08. The van der Waals surface area contributed by atoms with E-state index in [2.05, 4.69) is 44.3 Å². The molecule has 0 N–H and O–H groups in total. The molecular formula is C10H12BrN3. The SMILES string of the molecule is Cc1nc2cncc(Br)c2n1C(C)C. The number of imidazole rings is 1. The zero-order valence-corrected chi connectivity index (χ0v) is 10.0. The van der Waals surface area contributed by atoms with E-state index >= 15 is 0 Å². The normalized spacial score (nSPS) is 11.5. The van der Waals surface area contributed by atoms with E-state index in [1.807, 2.05) is 13.1 Å². The van der Waals surface area contributed by atoms with Gasteiger partial charge in [0.05, 0.1) is 16.2 Å². The topological polar surface area (TPSA) is 30.7 Å². The van der Waals surface area contributed by atoms with Crippen LogP contribution in [-0.4, -0.2) is 14.5 Å². The molecule has 0 bridgehead atoms. The molecular weight excluding hydrogens is 242 g/mol. The van der Waals surface area contributed by atoms with E-state index in [4.69, 9.17) is 0 Å². The number of fused-ring (bicyclic) bond motifs is 1. The number of aromatic nitrogens is 3. The van der Waals surface area contributed by atoms with Gasteiger partial charge in [-0.25, -0.2) is 4.98 Å². The minimum atomic E-state index is 0.415. The lowest BCUT2D eigenvalue weighted by molar-refractivity contribution is 0.599. The number of rotatable bonds is 1. The van der Waals surface area contributed by atoms with Gasteiger partial charge in [-0.2, -0.15) is 0 Å². The fraction of sp³-hybridized carbons (Fsp3) is 0.400. The second kappa shape index (κ2) is 3.35. The summed E-state index contributed by atoms with van der Waals surface area (Å²) in [5.41, 5.74) is 2.08. The molecule has 0 fully saturated rings. The number of pyridine rings is 1. The molecule has 0 atom stereocenters. The summed E-state index contributed by atoms with van der Waals surface area (Å²) in [5.74, 6) is 1.03. The van der Waals surface area contributed by atoms with Crippen LogP contribution in [0.3, 0.4) is 0 Å². The molecule has 0 aliphatic rings. The Morgan fingerprint density at radius 2 is 2.07 bits per heavy atom. The standard InChI is InChI=1S/C10H12BrN3/c1-6(2)14-7(3)13-9-5-12-4-8(11)10(9)14/h4-6H,1-3H3. The van der Waals surface area contributed by atoms with E-state index in [1.54, 1.807) is 6.20 Å². The third kappa shape index (κ3) is 1.34. The molecule has 14 heavy (non-hydrogen) atoms. The molecule has 2 rings (SSSR count). The van der Waals surface area contributed by atoms with Crippen LogP contribution in [0.5, 0.6) is 0 Å². The zero-order valence-electron chi connectivity index (χ0n) is 8.45. The molecule has 3 nitrogen and oxygen atoms in total. The fourth-order valence-electron chi connectivity index (χ4n) is 1.76. The van der Waals surface area contributed by atoms with Crippen LogP contribution in [-0.2, 0) is 0 Å². The van der Waals surface area contributed by atoms with E-state index in [1.165, 1.54) is 0 Å². The molecule has 2 aromatic rings. The molecule has 0 spiro atoms. The summed E-state index contributed by atoms with van der Waals surface area (Å²) in [5, 5.41) is 0. The molecule has 0 aliphatic carbocycles. The van der Waals surface area contributed by atoms with Gasteiger partial charge in [-0.3, -0.25) is 4.98 Å². The summed E-state index contributed by atoms with van der Waals surface area (Å²) < 4.78 is 3.21. The minimum Gasteiger partial charge on any atom is -0.325 e. The summed E-state index contributed by atoms with van der Waals surface area (Å²) in [6.45, 7) is 6.33. The largest absolute Gasteiger partial charge is 0.325 e. The Morgan fingerprint density at radius 1 is 1.36 bits per heavy atom. The lowest BCUT2D eigenvalue weighted by atomic mass is 10.3. The number of nitrogens with zero attached hydrogens (tertiary/aromatic N) is 3. The first-order valence-corrected chi connectivity index (χ1v) is 5.38. The van der Waals surface area contributed by atoms with E-state index in [9.17, 15) is 0 Å². The van der Waals surface area contributed by atoms with Crippen molar-refractivity contribution < 1.29 is 0 Å². The Bertz CT molecular complexity index is 473. The molecule has 4 heteroatoms. The van der Waals surface area contributed by atoms with Gasteiger partial charge in [0.2, 0.25) is 0 Å². The van der Waals surface area contributed by atoms with E-state index < -0.39 is 0 Å². The highest BCUT2D eigenvalue weighted by molar-refractivity contribution is 9.10. The van der Waals surface area contributed by atoms with Gasteiger partial charge in [-0.15, -0.1) is 0 Å². The third-order valence-electron chi connectivity index (χ3n) is 2.24. The number of halogens is 1. The molecule has 0 aliphatic heterocycles. The summed E-state index contributed by atoms with van der Waals surface area (Å²) in [6, 6.07) is 0.415. The average molecular weight is 254 g/mol. The number of aryl methyl sites for hydroxylation is 1. The zero-order chi connectivity index (χ0) is 10.3. The van der Waals surface area contributed by atoms with Crippen LogP contribution in [0.15, 0.2) is 16.9 Å². The Labute approximate surface area is 91.3 Å². The molecule has 0 radical (unpaired) electrons. The Balaban J connectivity index is 2.86. The van der Waals surface area contributed by atoms with Gasteiger partial charge in [0, 0.05) is 12.2 Å². The van der Waals surface area contributed by atoms with Crippen molar-refractivity contribution in [3.8, 4) is 0 Å². The lowest BCUT2D eigenvalue weighted by Gasteiger charge is -2.11. The highest BCUT2D eigenvalue weighted by Gasteiger charge is 2.12. The molecule has 74 valence electrons. The van der Waals surface area contributed by atoms with Crippen molar-refractivity contribution in [2.75, 3.05) is 0 Å². The monoisotopic (exact) mass is 253 g/mol. The van der Waals surface area contributed by atoms with Gasteiger partial charge in [0.15, 0.2) is 0 Å². The quantitative estimate of drug-likeness (QED) is 0.782. The van der Waals surface area contributed by atoms with Crippen molar-refractivity contribution >= 4 is 27.0 Å². The van der Waals surface area contributed by atoms with Crippen LogP contribution in [0.4, 0.5) is 0 Å². The summed E-state index contributed by atoms with van der Waals surface area (Å²) in [6.07, 6.45) is 3.61. The molecule has 2 aromatic heterocycles. The van der Waals surface area contributed by atoms with Gasteiger partial charge in [0.25, 0.3) is 0 Å². The van der Waals surface area contributed by atoms with Gasteiger partial charge in [-0.1, -0.05) is 0 Å². The van der Waals surface area contributed by atoms with Gasteiger partial charge >= 0.3 is 0 Å². The Kier molecular flexibility index (Phi) is 2.31. The summed E-state index contributed by atoms with van der Waals surface area (Å²) >= 11 is 3.51. The van der Waals surface area contributed by atoms with E-state index in [0.29, 0.717) is 6.04 Å². The van der Waals surface area contributed by atoms with Crippen molar-refractivity contribution in [3.05, 3.63) is 22.7 Å². The Morgan fingerprint density at radius 3 is 2.71 bits per heavy atom. The predicted molar refractivity (Wildman–Crippen MR) is 60.4 cm³/mol. The maximum absolute atomic E-state index is 4.47. The van der Waals surface area contributed by atoms with Crippen LogP contribution >= 0.6 is 15.9 Å². The van der Waals surface area contributed by atoms with Crippen LogP contribution in [0.1, 0.15) is 25.7 Å². The summed E-state index contributed by atoms with van der Waals surface area (Å²) in [4.78, 5) is 8.57. The Hall–Kier alpha value is -0.900. The smallest absolute Gasteiger partial charge is 0.108 e. The van der Waals surface area contributed by atoms with Crippen LogP contribution in [0, 0.1) is 6.92 Å². The van der Waals surface area contributed by atoms with Gasteiger partial charge < -0.3 is 4.57 Å². The maximum Gasteiger partial charge on any atom is 0.108 e. The van der Waals surface area contributed by atoms with Crippen molar-refractivity contribution in [1.29, 1.82) is 0 Å². The molecule has 0 saturated heterocycles. The molecule has 0 amide bonds. The second-order valence-corrected chi connectivity index (χ2v) is 4.47. The highest BCUT2D eigenvalue weighted by Crippen LogP contribution is 2.26. The third-order valence-corrected chi connectivity index (χ3v) is 2.82. The first-order valence-electron chi connectivity index (χ1n) is 4.59. The fourth-order valence-corrected chi connectivity index (χ4v) is 2.27. The van der Waals surface area contributed by atoms with E-state index in [0.717, 1.165) is 21.3 Å². The first-order chi connectivity index (χ1) is 6.61. The molecule has 0 unspecified atom stereocenters. The van der Waals surface area contributed by atoms with Crippen LogP contribution in [0.25, 0.3) is 11.0 Å². The van der Waals surface area contributed by atoms with Crippen molar-refractivity contribution in [3.63, 3.8) is 0 Å². The van der Waals surface area contributed by atoms with Crippen molar-refractivity contribution in [1.82, 2.24) is 14.5 Å². The second-order valence-electron chi connectivity index (χ2n) is 3.61. The van der Waals surface area contributed by atoms with Crippen molar-refractivity contribution in [2.24, 2.45) is 0 Å². The minimum absolute atomic E-state index is 0.415. The number of hydrogen-bond donors (Lipinski definition) is 0. The first kappa shape index (κ1) is 9.65. The van der Waals surface area contributed by atoms with Gasteiger partial charge in [0.1, 0.15) is 11.3 Å². The maximum atomic E-state index is 4.47. The van der Waals surface area contributed by atoms with Crippen molar-refractivity contribution in [2.45, 2.75) is 26.8 Å². The highest BCUT2D eigenvalue weighted by atomic mass is 79.9. The van der Waals surface area contributed by atoms with Crippen LogP contribution < -0.4 is 0 Å². The number of hydrogen-bond acceptors (Lipinski definition) is 2.